The Kier molecular flexibility index (Phi) is 6.38. The SMILES string of the molecule is C=Cc1cccc(CCC(=O)Nc2csc(-c3cccc(Br)n3)c2C(=O)O)c1. The second-order valence-corrected chi connectivity index (χ2v) is 7.69. The van der Waals surface area contributed by atoms with E-state index < -0.39 is 5.97 Å². The lowest BCUT2D eigenvalue weighted by molar-refractivity contribution is -0.116. The van der Waals surface area contributed by atoms with Crippen molar-refractivity contribution in [2.24, 2.45) is 0 Å². The molecule has 1 amide bonds. The second kappa shape index (κ2) is 8.95. The molecule has 7 heteroatoms. The number of aryl methyl sites for hydroxylation is 1. The van der Waals surface area contributed by atoms with E-state index in [4.69, 9.17) is 0 Å². The molecule has 0 spiro atoms. The van der Waals surface area contributed by atoms with Crippen LogP contribution in [0.25, 0.3) is 16.6 Å². The molecule has 0 atom stereocenters. The van der Waals surface area contributed by atoms with Crippen molar-refractivity contribution in [1.82, 2.24) is 4.98 Å². The molecule has 142 valence electrons. The maximum absolute atomic E-state index is 12.4. The van der Waals surface area contributed by atoms with E-state index in [9.17, 15) is 14.7 Å². The third kappa shape index (κ3) is 4.74. The third-order valence-electron chi connectivity index (χ3n) is 4.05. The maximum atomic E-state index is 12.4. The summed E-state index contributed by atoms with van der Waals surface area (Å²) in [6, 6.07) is 13.1. The minimum Gasteiger partial charge on any atom is -0.478 e. The van der Waals surface area contributed by atoms with Crippen LogP contribution in [-0.4, -0.2) is 22.0 Å². The van der Waals surface area contributed by atoms with E-state index in [0.717, 1.165) is 11.1 Å². The van der Waals surface area contributed by atoms with E-state index in [1.165, 1.54) is 11.3 Å². The molecule has 1 aromatic carbocycles. The third-order valence-corrected chi connectivity index (χ3v) is 5.50. The molecule has 28 heavy (non-hydrogen) atoms. The van der Waals surface area contributed by atoms with Gasteiger partial charge in [-0.1, -0.05) is 43.0 Å². The summed E-state index contributed by atoms with van der Waals surface area (Å²) < 4.78 is 0.613. The molecule has 0 fully saturated rings. The molecule has 0 aliphatic rings. The molecule has 2 aromatic heterocycles. The van der Waals surface area contributed by atoms with Crippen LogP contribution in [-0.2, 0) is 11.2 Å². The monoisotopic (exact) mass is 456 g/mol. The van der Waals surface area contributed by atoms with Crippen LogP contribution in [0.5, 0.6) is 0 Å². The van der Waals surface area contributed by atoms with Crippen LogP contribution in [0.3, 0.4) is 0 Å². The number of anilines is 1. The number of pyridine rings is 1. The number of aromatic carboxylic acids is 1. The Morgan fingerprint density at radius 1 is 1.25 bits per heavy atom. The fourth-order valence-electron chi connectivity index (χ4n) is 2.73. The zero-order valence-electron chi connectivity index (χ0n) is 14.8. The van der Waals surface area contributed by atoms with Crippen molar-refractivity contribution in [2.75, 3.05) is 5.32 Å². The standard InChI is InChI=1S/C21H17BrN2O3S/c1-2-13-5-3-6-14(11-13)9-10-18(25)24-16-12-28-20(19(16)21(26)27)15-7-4-8-17(22)23-15/h2-8,11-12H,1,9-10H2,(H,24,25)(H,26,27). The zero-order chi connectivity index (χ0) is 20.1. The summed E-state index contributed by atoms with van der Waals surface area (Å²) >= 11 is 4.53. The van der Waals surface area contributed by atoms with Gasteiger partial charge in [-0.3, -0.25) is 4.79 Å². The van der Waals surface area contributed by atoms with Gasteiger partial charge in [0.2, 0.25) is 5.91 Å². The Morgan fingerprint density at radius 3 is 2.75 bits per heavy atom. The highest BCUT2D eigenvalue weighted by atomic mass is 79.9. The van der Waals surface area contributed by atoms with Crippen molar-refractivity contribution in [3.8, 4) is 10.6 Å². The number of rotatable bonds is 7. The highest BCUT2D eigenvalue weighted by Gasteiger charge is 2.22. The van der Waals surface area contributed by atoms with Crippen LogP contribution < -0.4 is 5.32 Å². The molecule has 0 aliphatic heterocycles. The number of carbonyl (C=O) groups excluding carboxylic acids is 1. The number of amides is 1. The second-order valence-electron chi connectivity index (χ2n) is 6.00. The van der Waals surface area contributed by atoms with Crippen LogP contribution in [0.2, 0.25) is 0 Å². The fraction of sp³-hybridized carbons (Fsp3) is 0.0952. The first-order valence-corrected chi connectivity index (χ1v) is 10.1. The van der Waals surface area contributed by atoms with Crippen LogP contribution >= 0.6 is 27.3 Å². The largest absolute Gasteiger partial charge is 0.478 e. The maximum Gasteiger partial charge on any atom is 0.339 e. The smallest absolute Gasteiger partial charge is 0.339 e. The first-order chi connectivity index (χ1) is 13.5. The molecule has 2 heterocycles. The van der Waals surface area contributed by atoms with Crippen molar-refractivity contribution in [3.05, 3.63) is 75.7 Å². The predicted molar refractivity (Wildman–Crippen MR) is 116 cm³/mol. The van der Waals surface area contributed by atoms with E-state index in [2.05, 4.69) is 32.8 Å². The Bertz CT molecular complexity index is 1050. The van der Waals surface area contributed by atoms with Crippen LogP contribution in [0, 0.1) is 0 Å². The van der Waals surface area contributed by atoms with Gasteiger partial charge in [0.05, 0.1) is 16.3 Å². The molecule has 0 saturated carbocycles. The average Bonchev–Trinajstić information content (AvgIpc) is 3.10. The number of carboxylic acid groups (broad SMARTS) is 1. The number of hydrogen-bond donors (Lipinski definition) is 2. The van der Waals surface area contributed by atoms with E-state index in [0.29, 0.717) is 27.3 Å². The van der Waals surface area contributed by atoms with Crippen LogP contribution in [0.15, 0.2) is 59.0 Å². The summed E-state index contributed by atoms with van der Waals surface area (Å²) in [4.78, 5) is 29.0. The average molecular weight is 457 g/mol. The van der Waals surface area contributed by atoms with Gasteiger partial charge >= 0.3 is 5.97 Å². The Labute approximate surface area is 174 Å². The van der Waals surface area contributed by atoms with E-state index in [1.807, 2.05) is 24.3 Å². The predicted octanol–water partition coefficient (Wildman–Crippen LogP) is 5.49. The van der Waals surface area contributed by atoms with Gasteiger partial charge in [0.1, 0.15) is 10.2 Å². The molecule has 0 unspecified atom stereocenters. The van der Waals surface area contributed by atoms with Gasteiger partial charge in [0, 0.05) is 11.8 Å². The van der Waals surface area contributed by atoms with Gasteiger partial charge in [-0.05, 0) is 45.6 Å². The number of halogens is 1. The van der Waals surface area contributed by atoms with Crippen molar-refractivity contribution in [2.45, 2.75) is 12.8 Å². The highest BCUT2D eigenvalue weighted by Crippen LogP contribution is 2.35. The molecule has 0 saturated heterocycles. The summed E-state index contributed by atoms with van der Waals surface area (Å²) in [7, 11) is 0. The number of benzene rings is 1. The quantitative estimate of drug-likeness (QED) is 0.460. The summed E-state index contributed by atoms with van der Waals surface area (Å²) in [5.74, 6) is -1.34. The lowest BCUT2D eigenvalue weighted by Gasteiger charge is -2.07. The van der Waals surface area contributed by atoms with Crippen molar-refractivity contribution in [3.63, 3.8) is 0 Å². The van der Waals surface area contributed by atoms with Gasteiger partial charge in [-0.15, -0.1) is 11.3 Å². The lowest BCUT2D eigenvalue weighted by atomic mass is 10.1. The van der Waals surface area contributed by atoms with Gasteiger partial charge in [-0.2, -0.15) is 0 Å². The van der Waals surface area contributed by atoms with Gasteiger partial charge in [0.15, 0.2) is 0 Å². The molecular formula is C21H17BrN2O3S. The summed E-state index contributed by atoms with van der Waals surface area (Å²) in [5, 5.41) is 14.0. The minimum atomic E-state index is -1.10. The number of carboxylic acids is 1. The summed E-state index contributed by atoms with van der Waals surface area (Å²) in [5.41, 5.74) is 2.90. The van der Waals surface area contributed by atoms with Gasteiger partial charge in [-0.25, -0.2) is 9.78 Å². The molecule has 3 rings (SSSR count). The van der Waals surface area contributed by atoms with Crippen LogP contribution in [0.1, 0.15) is 27.9 Å². The van der Waals surface area contributed by atoms with Crippen LogP contribution in [0.4, 0.5) is 5.69 Å². The first-order valence-electron chi connectivity index (χ1n) is 8.47. The topological polar surface area (TPSA) is 79.3 Å². The van der Waals surface area contributed by atoms with Crippen molar-refractivity contribution >= 4 is 50.9 Å². The molecule has 3 aromatic rings. The minimum absolute atomic E-state index is 0.0533. The number of hydrogen-bond acceptors (Lipinski definition) is 4. The van der Waals surface area contributed by atoms with E-state index in [1.54, 1.807) is 29.7 Å². The van der Waals surface area contributed by atoms with Crippen molar-refractivity contribution in [1.29, 1.82) is 0 Å². The normalized spacial score (nSPS) is 10.5. The Hall–Kier alpha value is -2.77. The molecule has 2 N–H and O–H groups in total. The van der Waals surface area contributed by atoms with Gasteiger partial charge < -0.3 is 10.4 Å². The molecule has 0 bridgehead atoms. The van der Waals surface area contributed by atoms with E-state index >= 15 is 0 Å². The first kappa shape index (κ1) is 20.0. The van der Waals surface area contributed by atoms with Crippen molar-refractivity contribution < 1.29 is 14.7 Å². The van der Waals surface area contributed by atoms with E-state index in [-0.39, 0.29) is 17.9 Å². The highest BCUT2D eigenvalue weighted by molar-refractivity contribution is 9.10. The summed E-state index contributed by atoms with van der Waals surface area (Å²) in [6.45, 7) is 3.74. The zero-order valence-corrected chi connectivity index (χ0v) is 17.2. The lowest BCUT2D eigenvalue weighted by Crippen LogP contribution is -2.14. The number of nitrogens with one attached hydrogen (secondary N) is 1. The molecular weight excluding hydrogens is 440 g/mol. The molecule has 5 nitrogen and oxygen atoms in total. The number of nitrogens with zero attached hydrogens (tertiary/aromatic N) is 1. The van der Waals surface area contributed by atoms with Gasteiger partial charge in [0.25, 0.3) is 0 Å². The molecule has 0 aliphatic carbocycles. The molecule has 0 radical (unpaired) electrons. The summed E-state index contributed by atoms with van der Waals surface area (Å²) in [6.07, 6.45) is 2.56. The fourth-order valence-corrected chi connectivity index (χ4v) is 4.04. The number of aromatic nitrogens is 1. The number of thiophene rings is 1. The number of carbonyl (C=O) groups is 2. The Morgan fingerprint density at radius 2 is 2.04 bits per heavy atom. The Balaban J connectivity index is 1.75.